The topological polar surface area (TPSA) is 103 Å². The highest BCUT2D eigenvalue weighted by Gasteiger charge is 2.19. The van der Waals surface area contributed by atoms with Crippen molar-refractivity contribution < 1.29 is 14.1 Å². The van der Waals surface area contributed by atoms with Gasteiger partial charge >= 0.3 is 0 Å². The van der Waals surface area contributed by atoms with Crippen molar-refractivity contribution in [1.29, 1.82) is 0 Å². The Kier molecular flexibility index (Phi) is 6.66. The number of hydrogen-bond acceptors (Lipinski definition) is 6. The third kappa shape index (κ3) is 5.18. The minimum Gasteiger partial charge on any atom is -0.320 e. The lowest BCUT2D eigenvalue weighted by Crippen LogP contribution is -2.15. The van der Waals surface area contributed by atoms with Crippen LogP contribution >= 0.6 is 23.4 Å². The minimum atomic E-state index is -0.615. The second kappa shape index (κ2) is 9.80. The number of carbonyl (C=O) groups excluding carboxylic acids is 1. The first-order chi connectivity index (χ1) is 15.9. The van der Waals surface area contributed by atoms with Gasteiger partial charge in [0.1, 0.15) is 11.5 Å². The molecule has 11 heteroatoms. The molecule has 0 spiro atoms. The molecule has 0 saturated heterocycles. The summed E-state index contributed by atoms with van der Waals surface area (Å²) in [7, 11) is 0. The Hall–Kier alpha value is -3.76. The molecule has 0 atom stereocenters. The van der Waals surface area contributed by atoms with Crippen molar-refractivity contribution in [2.75, 3.05) is 11.1 Å². The number of hydrogen-bond donors (Lipinski definition) is 1. The highest BCUT2D eigenvalue weighted by atomic mass is 35.5. The molecule has 0 radical (unpaired) electrons. The van der Waals surface area contributed by atoms with E-state index >= 15 is 0 Å². The van der Waals surface area contributed by atoms with Crippen molar-refractivity contribution in [3.05, 3.63) is 93.8 Å². The summed E-state index contributed by atoms with van der Waals surface area (Å²) in [5, 5.41) is 22.8. The van der Waals surface area contributed by atoms with Gasteiger partial charge in [-0.2, -0.15) is 0 Å². The van der Waals surface area contributed by atoms with Gasteiger partial charge in [-0.25, -0.2) is 4.39 Å². The Morgan fingerprint density at radius 3 is 2.52 bits per heavy atom. The summed E-state index contributed by atoms with van der Waals surface area (Å²) in [5.74, 6) is -0.422. The number of para-hydroxylation sites is 1. The number of rotatable bonds is 7. The van der Waals surface area contributed by atoms with Crippen LogP contribution in [-0.2, 0) is 4.79 Å². The van der Waals surface area contributed by atoms with Crippen LogP contribution in [0, 0.1) is 15.9 Å². The van der Waals surface area contributed by atoms with Crippen molar-refractivity contribution >= 4 is 40.6 Å². The fourth-order valence-electron chi connectivity index (χ4n) is 3.04. The molecule has 0 saturated carbocycles. The lowest BCUT2D eigenvalue weighted by atomic mass is 10.2. The average Bonchev–Trinajstić information content (AvgIpc) is 3.24. The van der Waals surface area contributed by atoms with Crippen LogP contribution in [0.5, 0.6) is 0 Å². The third-order valence-electron chi connectivity index (χ3n) is 4.51. The van der Waals surface area contributed by atoms with Gasteiger partial charge in [0, 0.05) is 22.3 Å². The molecule has 1 N–H and O–H groups in total. The zero-order valence-corrected chi connectivity index (χ0v) is 18.4. The van der Waals surface area contributed by atoms with Gasteiger partial charge in [-0.1, -0.05) is 41.6 Å². The molecule has 0 aliphatic heterocycles. The SMILES string of the molecule is O=C(CSc1nnc(-c2ccc(F)cc2)n1-c1ccccc1)Nc1ccc(Cl)cc1[N+](=O)[O-]. The minimum absolute atomic E-state index is 0.0477. The van der Waals surface area contributed by atoms with Crippen LogP contribution in [-0.4, -0.2) is 31.3 Å². The molecule has 3 aromatic carbocycles. The average molecular weight is 484 g/mol. The van der Waals surface area contributed by atoms with E-state index in [2.05, 4.69) is 15.5 Å². The standard InChI is InChI=1S/C22H15ClFN5O3S/c23-15-8-11-18(19(12-15)29(31)32)25-20(30)13-33-22-27-26-21(14-6-9-16(24)10-7-14)28(22)17-4-2-1-3-5-17/h1-12H,13H2,(H,25,30). The van der Waals surface area contributed by atoms with Crippen LogP contribution in [0.4, 0.5) is 15.8 Å². The van der Waals surface area contributed by atoms with Gasteiger partial charge < -0.3 is 5.32 Å². The smallest absolute Gasteiger partial charge is 0.294 e. The fraction of sp³-hybridized carbons (Fsp3) is 0.0455. The number of halogens is 2. The van der Waals surface area contributed by atoms with Gasteiger partial charge in [0.05, 0.1) is 10.7 Å². The zero-order chi connectivity index (χ0) is 23.4. The van der Waals surface area contributed by atoms with Crippen LogP contribution in [0.1, 0.15) is 0 Å². The van der Waals surface area contributed by atoms with Gasteiger partial charge in [-0.3, -0.25) is 19.5 Å². The molecule has 0 aliphatic rings. The first-order valence-corrected chi connectivity index (χ1v) is 10.9. The molecule has 8 nitrogen and oxygen atoms in total. The Morgan fingerprint density at radius 1 is 1.09 bits per heavy atom. The lowest BCUT2D eigenvalue weighted by molar-refractivity contribution is -0.383. The molecule has 0 aliphatic carbocycles. The van der Waals surface area contributed by atoms with Crippen molar-refractivity contribution in [3.8, 4) is 17.1 Å². The van der Waals surface area contributed by atoms with E-state index < -0.39 is 10.8 Å². The molecule has 0 bridgehead atoms. The summed E-state index contributed by atoms with van der Waals surface area (Å²) >= 11 is 6.93. The van der Waals surface area contributed by atoms with Crippen molar-refractivity contribution in [2.24, 2.45) is 0 Å². The predicted octanol–water partition coefficient (Wildman–Crippen LogP) is 5.37. The summed E-state index contributed by atoms with van der Waals surface area (Å²) in [6, 6.07) is 19.2. The second-order valence-electron chi connectivity index (χ2n) is 6.74. The van der Waals surface area contributed by atoms with Crippen LogP contribution in [0.3, 0.4) is 0 Å². The maximum atomic E-state index is 13.4. The van der Waals surface area contributed by atoms with E-state index in [0.29, 0.717) is 16.5 Å². The van der Waals surface area contributed by atoms with E-state index in [1.165, 1.54) is 30.3 Å². The summed E-state index contributed by atoms with van der Waals surface area (Å²) in [6.07, 6.45) is 0. The quantitative estimate of drug-likeness (QED) is 0.215. The normalized spacial score (nSPS) is 10.7. The third-order valence-corrected chi connectivity index (χ3v) is 5.68. The van der Waals surface area contributed by atoms with Crippen LogP contribution in [0.25, 0.3) is 17.1 Å². The number of anilines is 1. The number of thioether (sulfide) groups is 1. The van der Waals surface area contributed by atoms with Crippen molar-refractivity contribution in [2.45, 2.75) is 5.16 Å². The van der Waals surface area contributed by atoms with E-state index in [9.17, 15) is 19.3 Å². The number of aromatic nitrogens is 3. The van der Waals surface area contributed by atoms with Gasteiger partial charge in [0.15, 0.2) is 11.0 Å². The maximum Gasteiger partial charge on any atom is 0.294 e. The Bertz CT molecular complexity index is 1320. The van der Waals surface area contributed by atoms with Crippen molar-refractivity contribution in [1.82, 2.24) is 14.8 Å². The van der Waals surface area contributed by atoms with E-state index in [1.54, 1.807) is 16.7 Å². The van der Waals surface area contributed by atoms with E-state index in [4.69, 9.17) is 11.6 Å². The molecule has 1 heterocycles. The van der Waals surface area contributed by atoms with Crippen molar-refractivity contribution in [3.63, 3.8) is 0 Å². The van der Waals surface area contributed by atoms with Crippen LogP contribution in [0.2, 0.25) is 5.02 Å². The van der Waals surface area contributed by atoms with E-state index in [0.717, 1.165) is 17.4 Å². The second-order valence-corrected chi connectivity index (χ2v) is 8.12. The molecule has 1 amide bonds. The fourth-order valence-corrected chi connectivity index (χ4v) is 3.96. The molecule has 166 valence electrons. The van der Waals surface area contributed by atoms with Crippen LogP contribution < -0.4 is 5.32 Å². The highest BCUT2D eigenvalue weighted by molar-refractivity contribution is 7.99. The number of carbonyl (C=O) groups is 1. The molecule has 1 aromatic heterocycles. The Morgan fingerprint density at radius 2 is 1.82 bits per heavy atom. The molecule has 4 rings (SSSR count). The summed E-state index contributed by atoms with van der Waals surface area (Å²) in [5.41, 5.74) is 1.16. The zero-order valence-electron chi connectivity index (χ0n) is 16.8. The molecule has 0 unspecified atom stereocenters. The molecular weight excluding hydrogens is 469 g/mol. The number of amides is 1. The number of nitro benzene ring substituents is 1. The summed E-state index contributed by atoms with van der Waals surface area (Å²) in [4.78, 5) is 23.1. The first kappa shape index (κ1) is 22.4. The number of nitro groups is 1. The first-order valence-electron chi connectivity index (χ1n) is 9.56. The van der Waals surface area contributed by atoms with Crippen LogP contribution in [0.15, 0.2) is 78.0 Å². The maximum absolute atomic E-state index is 13.4. The van der Waals surface area contributed by atoms with E-state index in [1.807, 2.05) is 30.3 Å². The molecular formula is C22H15ClFN5O3S. The summed E-state index contributed by atoms with van der Waals surface area (Å²) in [6.45, 7) is 0. The Labute approximate surface area is 196 Å². The van der Waals surface area contributed by atoms with Gasteiger partial charge in [0.25, 0.3) is 5.69 Å². The highest BCUT2D eigenvalue weighted by Crippen LogP contribution is 2.30. The number of nitrogens with zero attached hydrogens (tertiary/aromatic N) is 4. The van der Waals surface area contributed by atoms with Gasteiger partial charge in [-0.15, -0.1) is 10.2 Å². The van der Waals surface area contributed by atoms with Gasteiger partial charge in [0.2, 0.25) is 5.91 Å². The number of nitrogens with one attached hydrogen (secondary N) is 1. The largest absolute Gasteiger partial charge is 0.320 e. The predicted molar refractivity (Wildman–Crippen MR) is 124 cm³/mol. The molecule has 0 fully saturated rings. The van der Waals surface area contributed by atoms with E-state index in [-0.39, 0.29) is 28.0 Å². The monoisotopic (exact) mass is 483 g/mol. The lowest BCUT2D eigenvalue weighted by Gasteiger charge is -2.10. The number of benzene rings is 3. The summed E-state index contributed by atoms with van der Waals surface area (Å²) < 4.78 is 15.1. The molecule has 4 aromatic rings. The molecule has 33 heavy (non-hydrogen) atoms. The van der Waals surface area contributed by atoms with Gasteiger partial charge in [-0.05, 0) is 48.5 Å². The Balaban J connectivity index is 1.58.